The van der Waals surface area contributed by atoms with Crippen LogP contribution in [0.4, 0.5) is 26.3 Å². The number of esters is 1. The fraction of sp³-hybridized carbons (Fsp3) is 0.175. The summed E-state index contributed by atoms with van der Waals surface area (Å²) in [6.07, 6.45) is 2.01. The Hall–Kier alpha value is -7.13. The van der Waals surface area contributed by atoms with Gasteiger partial charge in [0.25, 0.3) is 22.6 Å². The van der Waals surface area contributed by atoms with Gasteiger partial charge in [-0.15, -0.1) is 0 Å². The number of likely N-dealkylation sites (tertiary alicyclic amines) is 1. The topological polar surface area (TPSA) is 221 Å². The molecule has 0 radical (unpaired) electrons. The van der Waals surface area contributed by atoms with E-state index in [1.54, 1.807) is 30.0 Å². The molecule has 1 amide bonds. The van der Waals surface area contributed by atoms with E-state index in [2.05, 4.69) is 29.7 Å². The van der Waals surface area contributed by atoms with Gasteiger partial charge in [-0.2, -0.15) is 0 Å². The number of hydrogen-bond acceptors (Lipinski definition) is 10. The Balaban J connectivity index is 0.000000168. The first kappa shape index (κ1) is 45.4. The van der Waals surface area contributed by atoms with Crippen molar-refractivity contribution in [3.05, 3.63) is 153 Å². The maximum Gasteiger partial charge on any atom is 0.362 e. The van der Waals surface area contributed by atoms with Gasteiger partial charge in [-0.3, -0.25) is 19.2 Å². The lowest BCUT2D eigenvalue weighted by Crippen LogP contribution is -2.40. The summed E-state index contributed by atoms with van der Waals surface area (Å²) in [7, 11) is 0. The van der Waals surface area contributed by atoms with Crippen LogP contribution in [0.2, 0.25) is 10.0 Å². The highest BCUT2D eigenvalue weighted by molar-refractivity contribution is 6.34. The summed E-state index contributed by atoms with van der Waals surface area (Å²) in [5, 5.41) is 9.59. The highest BCUT2D eigenvalue weighted by atomic mass is 35.5. The quantitative estimate of drug-likeness (QED) is 0.102. The third kappa shape index (κ3) is 10.3. The number of rotatable bonds is 6. The molecule has 0 spiro atoms. The van der Waals surface area contributed by atoms with Gasteiger partial charge in [0.15, 0.2) is 23.1 Å². The number of hydrogen-bond donors (Lipinski definition) is 4. The molecule has 4 aromatic carbocycles. The first-order chi connectivity index (χ1) is 29.8. The maximum atomic E-state index is 14.1. The number of fused-ring (bicyclic) bond motifs is 3. The summed E-state index contributed by atoms with van der Waals surface area (Å²) in [6.45, 7) is 2.07. The second-order valence-electron chi connectivity index (χ2n) is 13.4. The summed E-state index contributed by atoms with van der Waals surface area (Å²) in [5.41, 5.74) is -4.95. The Labute approximate surface area is 357 Å². The highest BCUT2D eigenvalue weighted by Gasteiger charge is 2.32. The molecule has 4 N–H and O–H groups in total. The first-order valence-electron chi connectivity index (χ1n) is 18.2. The number of aromatic nitrogens is 6. The molecule has 23 heteroatoms. The minimum absolute atomic E-state index is 0.0594. The van der Waals surface area contributed by atoms with Crippen molar-refractivity contribution in [2.24, 2.45) is 0 Å². The van der Waals surface area contributed by atoms with Gasteiger partial charge in [0.05, 0.1) is 23.2 Å². The number of carboxylic acids is 1. The van der Waals surface area contributed by atoms with Crippen molar-refractivity contribution in [3.8, 4) is 0 Å². The van der Waals surface area contributed by atoms with Crippen LogP contribution in [0, 0.1) is 34.9 Å². The predicted octanol–water partition coefficient (Wildman–Crippen LogP) is 6.63. The molecule has 1 saturated heterocycles. The standard InChI is InChI=1S/C20H15Cl2F2N3O2.C11H8F2N2O3.C9H4F2N2O3/c21-11-4-10(5-12(22)7-11)6-14-2-1-3-27(14)20(29)18-19(28)25-16-9-13(23)8-15(24)17(16)26-18;1-2-18-11(17)9-10(16)14-7-4-5(12)3-6(13)8(7)15-9;10-3-1-4(11)6-5(2-3)12-8(14)7(13-6)9(15)16/h4-5,7-9,14H,1-3,6H2,(H,25,28);3-4H,2H2,1H3,(H,14,16);1-2H,(H,12,14)(H,15,16)/t14-;;/m0../s1. The molecule has 0 saturated carbocycles. The molecule has 0 bridgehead atoms. The maximum absolute atomic E-state index is 14.1. The van der Waals surface area contributed by atoms with Crippen LogP contribution in [0.1, 0.15) is 56.8 Å². The smallest absolute Gasteiger partial charge is 0.362 e. The zero-order valence-corrected chi connectivity index (χ0v) is 33.4. The lowest BCUT2D eigenvalue weighted by Gasteiger charge is -2.24. The molecule has 326 valence electrons. The van der Waals surface area contributed by atoms with E-state index in [1.807, 2.05) is 4.98 Å². The van der Waals surface area contributed by atoms with Crippen LogP contribution in [-0.4, -0.2) is 76.9 Å². The van der Waals surface area contributed by atoms with E-state index >= 15 is 0 Å². The zero-order valence-electron chi connectivity index (χ0n) is 31.9. The summed E-state index contributed by atoms with van der Waals surface area (Å²) >= 11 is 12.1. The van der Waals surface area contributed by atoms with E-state index in [0.717, 1.165) is 36.6 Å². The Morgan fingerprint density at radius 3 is 1.57 bits per heavy atom. The molecule has 1 aliphatic heterocycles. The molecule has 63 heavy (non-hydrogen) atoms. The first-order valence-corrected chi connectivity index (χ1v) is 18.9. The second kappa shape index (κ2) is 18.9. The van der Waals surface area contributed by atoms with Crippen LogP contribution in [0.15, 0.2) is 69.0 Å². The number of aromatic amines is 3. The molecule has 8 rings (SSSR count). The van der Waals surface area contributed by atoms with Gasteiger partial charge in [0.2, 0.25) is 11.4 Å². The van der Waals surface area contributed by atoms with Crippen molar-refractivity contribution >= 4 is 74.1 Å². The number of halogens is 8. The highest BCUT2D eigenvalue weighted by Crippen LogP contribution is 2.27. The van der Waals surface area contributed by atoms with Crippen molar-refractivity contribution in [2.45, 2.75) is 32.2 Å². The zero-order chi connectivity index (χ0) is 45.9. The van der Waals surface area contributed by atoms with Crippen LogP contribution in [0.25, 0.3) is 33.1 Å². The third-order valence-corrected chi connectivity index (χ3v) is 9.49. The van der Waals surface area contributed by atoms with Crippen molar-refractivity contribution in [2.75, 3.05) is 13.2 Å². The van der Waals surface area contributed by atoms with E-state index in [4.69, 9.17) is 28.3 Å². The summed E-state index contributed by atoms with van der Waals surface area (Å²) in [5.74, 6) is -8.64. The molecule has 7 aromatic rings. The summed E-state index contributed by atoms with van der Waals surface area (Å²) in [6, 6.07) is 9.57. The summed E-state index contributed by atoms with van der Waals surface area (Å²) in [4.78, 5) is 88.9. The van der Waals surface area contributed by atoms with Crippen molar-refractivity contribution in [3.63, 3.8) is 0 Å². The van der Waals surface area contributed by atoms with Crippen molar-refractivity contribution < 1.29 is 50.6 Å². The van der Waals surface area contributed by atoms with Gasteiger partial charge in [-0.05, 0) is 68.1 Å². The minimum Gasteiger partial charge on any atom is -0.476 e. The number of ether oxygens (including phenoxy) is 1. The second-order valence-corrected chi connectivity index (χ2v) is 14.3. The number of aromatic carboxylic acids is 1. The van der Waals surface area contributed by atoms with Crippen LogP contribution in [-0.2, 0) is 11.2 Å². The molecular weight excluding hydrogens is 891 g/mol. The van der Waals surface area contributed by atoms with E-state index in [0.29, 0.717) is 41.2 Å². The number of H-pyrrole nitrogens is 3. The Bertz CT molecular complexity index is 3150. The molecule has 4 heterocycles. The molecule has 15 nitrogen and oxygen atoms in total. The number of amides is 1. The molecule has 1 atom stereocenters. The number of carbonyl (C=O) groups excluding carboxylic acids is 2. The molecule has 1 aliphatic rings. The van der Waals surface area contributed by atoms with Crippen LogP contribution >= 0.6 is 23.2 Å². The lowest BCUT2D eigenvalue weighted by atomic mass is 10.0. The van der Waals surface area contributed by atoms with Crippen LogP contribution in [0.5, 0.6) is 0 Å². The normalized spacial score (nSPS) is 13.3. The Kier molecular flexibility index (Phi) is 13.6. The van der Waals surface area contributed by atoms with Gasteiger partial charge in [-0.25, -0.2) is 50.9 Å². The lowest BCUT2D eigenvalue weighted by molar-refractivity contribution is 0.0516. The molecule has 1 fully saturated rings. The van der Waals surface area contributed by atoms with E-state index < -0.39 is 92.0 Å². The molecule has 3 aromatic heterocycles. The SMILES string of the molecule is CCOC(=O)c1nc2c(F)cc(F)cc2[nH]c1=O.O=C(O)c1nc2c(F)cc(F)cc2[nH]c1=O.O=C(c1nc2c(F)cc(F)cc2[nH]c1=O)N1CCC[C@H]1Cc1cc(Cl)cc(Cl)c1. The van der Waals surface area contributed by atoms with E-state index in [1.165, 1.54) is 0 Å². The van der Waals surface area contributed by atoms with Crippen molar-refractivity contribution in [1.82, 2.24) is 34.8 Å². The molecular formula is C40H27Cl2F6N7O8. The number of nitrogens with zero attached hydrogens (tertiary/aromatic N) is 4. The average Bonchev–Trinajstić information content (AvgIpc) is 3.64. The number of nitrogens with one attached hydrogen (secondary N) is 3. The minimum atomic E-state index is -1.58. The van der Waals surface area contributed by atoms with E-state index in [-0.39, 0.29) is 40.2 Å². The number of benzene rings is 4. The fourth-order valence-corrected chi connectivity index (χ4v) is 7.01. The number of carbonyl (C=O) groups is 3. The molecule has 0 unspecified atom stereocenters. The van der Waals surface area contributed by atoms with Crippen molar-refractivity contribution in [1.29, 1.82) is 0 Å². The average molecular weight is 919 g/mol. The predicted molar refractivity (Wildman–Crippen MR) is 214 cm³/mol. The van der Waals surface area contributed by atoms with Gasteiger partial charge >= 0.3 is 11.9 Å². The van der Waals surface area contributed by atoms with Gasteiger partial charge in [0, 0.05) is 40.8 Å². The monoisotopic (exact) mass is 917 g/mol. The fourth-order valence-electron chi connectivity index (χ4n) is 6.44. The largest absolute Gasteiger partial charge is 0.476 e. The Morgan fingerprint density at radius 1 is 0.683 bits per heavy atom. The van der Waals surface area contributed by atoms with E-state index in [9.17, 15) is 55.1 Å². The third-order valence-electron chi connectivity index (χ3n) is 9.05. The van der Waals surface area contributed by atoms with Gasteiger partial charge in [-0.1, -0.05) is 23.2 Å². The Morgan fingerprint density at radius 2 is 1.11 bits per heavy atom. The number of carboxylic acid groups (broad SMARTS) is 1. The molecule has 0 aliphatic carbocycles. The van der Waals surface area contributed by atoms with Crippen LogP contribution < -0.4 is 16.7 Å². The van der Waals surface area contributed by atoms with Gasteiger partial charge in [0.1, 0.15) is 34.0 Å². The van der Waals surface area contributed by atoms with Gasteiger partial charge < -0.3 is 29.7 Å². The van der Waals surface area contributed by atoms with Crippen LogP contribution in [0.3, 0.4) is 0 Å². The summed E-state index contributed by atoms with van der Waals surface area (Å²) < 4.78 is 84.4.